The Kier molecular flexibility index (Phi) is 4.38. The molecule has 1 saturated heterocycles. The molecule has 1 heterocycles. The highest BCUT2D eigenvalue weighted by molar-refractivity contribution is 4.95. The summed E-state index contributed by atoms with van der Waals surface area (Å²) in [6.07, 6.45) is 9.42. The molecule has 2 fully saturated rings. The van der Waals surface area contributed by atoms with Crippen molar-refractivity contribution >= 4 is 0 Å². The van der Waals surface area contributed by atoms with E-state index in [9.17, 15) is 5.11 Å². The van der Waals surface area contributed by atoms with Crippen molar-refractivity contribution in [2.75, 3.05) is 6.61 Å². The van der Waals surface area contributed by atoms with Gasteiger partial charge in [-0.05, 0) is 49.9 Å². The molecular weight excluding hydrogens is 224 g/mol. The lowest BCUT2D eigenvalue weighted by Crippen LogP contribution is -2.47. The Labute approximate surface area is 112 Å². The average Bonchev–Trinajstić information content (AvgIpc) is 2.78. The molecule has 3 atom stereocenters. The van der Waals surface area contributed by atoms with Gasteiger partial charge in [0.15, 0.2) is 0 Å². The molecule has 1 aliphatic heterocycles. The summed E-state index contributed by atoms with van der Waals surface area (Å²) in [6, 6.07) is 0. The molecule has 2 nitrogen and oxygen atoms in total. The molecule has 0 spiro atoms. The standard InChI is InChI=1S/C16H30O2/c1-15(2,3)14-8-4-5-10-16(14,17)11-9-13-7-6-12-18-13/h13-14,17H,4-12H2,1-3H3. The van der Waals surface area contributed by atoms with Gasteiger partial charge in [-0.3, -0.25) is 0 Å². The lowest BCUT2D eigenvalue weighted by Gasteiger charge is -2.47. The maximum Gasteiger partial charge on any atom is 0.0681 e. The summed E-state index contributed by atoms with van der Waals surface area (Å²) in [4.78, 5) is 0. The summed E-state index contributed by atoms with van der Waals surface area (Å²) in [5.41, 5.74) is -0.228. The summed E-state index contributed by atoms with van der Waals surface area (Å²) in [7, 11) is 0. The maximum absolute atomic E-state index is 11.1. The summed E-state index contributed by atoms with van der Waals surface area (Å²) < 4.78 is 5.70. The predicted molar refractivity (Wildman–Crippen MR) is 74.6 cm³/mol. The molecule has 2 rings (SSSR count). The van der Waals surface area contributed by atoms with Gasteiger partial charge in [0.2, 0.25) is 0 Å². The molecule has 0 bridgehead atoms. The number of rotatable bonds is 3. The van der Waals surface area contributed by atoms with Crippen molar-refractivity contribution in [2.24, 2.45) is 11.3 Å². The van der Waals surface area contributed by atoms with Crippen LogP contribution in [0.5, 0.6) is 0 Å². The molecule has 0 amide bonds. The minimum absolute atomic E-state index is 0.214. The number of ether oxygens (including phenoxy) is 1. The smallest absolute Gasteiger partial charge is 0.0681 e. The first kappa shape index (κ1) is 14.3. The van der Waals surface area contributed by atoms with Crippen LogP contribution in [0.2, 0.25) is 0 Å². The Hall–Kier alpha value is -0.0800. The Morgan fingerprint density at radius 3 is 2.56 bits per heavy atom. The average molecular weight is 254 g/mol. The molecule has 0 aromatic rings. The van der Waals surface area contributed by atoms with E-state index < -0.39 is 5.60 Å². The van der Waals surface area contributed by atoms with Crippen LogP contribution in [0.25, 0.3) is 0 Å². The molecule has 0 aromatic heterocycles. The molecule has 0 aromatic carbocycles. The van der Waals surface area contributed by atoms with E-state index in [-0.39, 0.29) is 5.41 Å². The van der Waals surface area contributed by atoms with Crippen LogP contribution < -0.4 is 0 Å². The van der Waals surface area contributed by atoms with Crippen molar-refractivity contribution in [1.82, 2.24) is 0 Å². The molecule has 1 N–H and O–H groups in total. The van der Waals surface area contributed by atoms with Crippen molar-refractivity contribution < 1.29 is 9.84 Å². The SMILES string of the molecule is CC(C)(C)C1CCCCC1(O)CCC1CCCO1. The van der Waals surface area contributed by atoms with E-state index in [4.69, 9.17) is 4.74 Å². The van der Waals surface area contributed by atoms with E-state index in [1.165, 1.54) is 32.1 Å². The molecule has 3 unspecified atom stereocenters. The van der Waals surface area contributed by atoms with Crippen LogP contribution in [0, 0.1) is 11.3 Å². The van der Waals surface area contributed by atoms with Gasteiger partial charge >= 0.3 is 0 Å². The zero-order valence-corrected chi connectivity index (χ0v) is 12.4. The Balaban J connectivity index is 1.96. The van der Waals surface area contributed by atoms with E-state index in [0.29, 0.717) is 12.0 Å². The molecule has 0 radical (unpaired) electrons. The van der Waals surface area contributed by atoms with Gasteiger partial charge in [0.25, 0.3) is 0 Å². The van der Waals surface area contributed by atoms with E-state index in [2.05, 4.69) is 20.8 Å². The zero-order valence-electron chi connectivity index (χ0n) is 12.4. The fourth-order valence-electron chi connectivity index (χ4n) is 4.04. The lowest BCUT2D eigenvalue weighted by molar-refractivity contribution is -0.101. The van der Waals surface area contributed by atoms with Gasteiger partial charge in [0.1, 0.15) is 0 Å². The van der Waals surface area contributed by atoms with Gasteiger partial charge in [0.05, 0.1) is 11.7 Å². The number of aliphatic hydroxyl groups is 1. The minimum atomic E-state index is -0.442. The van der Waals surface area contributed by atoms with E-state index in [1.807, 2.05) is 0 Å². The van der Waals surface area contributed by atoms with Crippen LogP contribution in [0.15, 0.2) is 0 Å². The maximum atomic E-state index is 11.1. The zero-order chi connectivity index (χ0) is 13.2. The molecule has 106 valence electrons. The van der Waals surface area contributed by atoms with Gasteiger partial charge in [0, 0.05) is 6.61 Å². The first-order chi connectivity index (χ1) is 8.42. The van der Waals surface area contributed by atoms with Crippen molar-refractivity contribution in [3.63, 3.8) is 0 Å². The summed E-state index contributed by atoms with van der Waals surface area (Å²) in [5, 5.41) is 11.1. The third kappa shape index (κ3) is 3.27. The first-order valence-electron chi connectivity index (χ1n) is 7.76. The first-order valence-corrected chi connectivity index (χ1v) is 7.76. The molecular formula is C16H30O2. The van der Waals surface area contributed by atoms with E-state index in [1.54, 1.807) is 0 Å². The summed E-state index contributed by atoms with van der Waals surface area (Å²) in [6.45, 7) is 7.76. The highest BCUT2D eigenvalue weighted by Crippen LogP contribution is 2.46. The molecule has 1 aliphatic carbocycles. The normalized spacial score (nSPS) is 38.0. The largest absolute Gasteiger partial charge is 0.390 e. The summed E-state index contributed by atoms with van der Waals surface area (Å²) >= 11 is 0. The highest BCUT2D eigenvalue weighted by atomic mass is 16.5. The minimum Gasteiger partial charge on any atom is -0.390 e. The number of hydrogen-bond donors (Lipinski definition) is 1. The van der Waals surface area contributed by atoms with Crippen LogP contribution in [-0.4, -0.2) is 23.4 Å². The monoisotopic (exact) mass is 254 g/mol. The van der Waals surface area contributed by atoms with Gasteiger partial charge in [-0.25, -0.2) is 0 Å². The van der Waals surface area contributed by atoms with Crippen molar-refractivity contribution in [2.45, 2.75) is 83.8 Å². The van der Waals surface area contributed by atoms with E-state index >= 15 is 0 Å². The fraction of sp³-hybridized carbons (Fsp3) is 1.00. The fourth-order valence-corrected chi connectivity index (χ4v) is 4.04. The van der Waals surface area contributed by atoms with Gasteiger partial charge in [-0.15, -0.1) is 0 Å². The number of hydrogen-bond acceptors (Lipinski definition) is 2. The third-order valence-corrected chi connectivity index (χ3v) is 4.97. The van der Waals surface area contributed by atoms with Crippen LogP contribution in [0.1, 0.15) is 72.1 Å². The second-order valence-electron chi connectivity index (χ2n) is 7.44. The second kappa shape index (κ2) is 5.50. The summed E-state index contributed by atoms with van der Waals surface area (Å²) in [5.74, 6) is 0.445. The van der Waals surface area contributed by atoms with Crippen molar-refractivity contribution in [3.05, 3.63) is 0 Å². The van der Waals surface area contributed by atoms with Crippen LogP contribution in [-0.2, 0) is 4.74 Å². The van der Waals surface area contributed by atoms with Crippen molar-refractivity contribution in [1.29, 1.82) is 0 Å². The molecule has 1 saturated carbocycles. The Morgan fingerprint density at radius 1 is 1.17 bits per heavy atom. The van der Waals surface area contributed by atoms with Crippen LogP contribution in [0.4, 0.5) is 0 Å². The van der Waals surface area contributed by atoms with Crippen LogP contribution >= 0.6 is 0 Å². The molecule has 2 aliphatic rings. The van der Waals surface area contributed by atoms with Gasteiger partial charge < -0.3 is 9.84 Å². The van der Waals surface area contributed by atoms with Crippen molar-refractivity contribution in [3.8, 4) is 0 Å². The quantitative estimate of drug-likeness (QED) is 0.827. The predicted octanol–water partition coefficient (Wildman–Crippen LogP) is 3.91. The molecule has 18 heavy (non-hydrogen) atoms. The Morgan fingerprint density at radius 2 is 1.94 bits per heavy atom. The topological polar surface area (TPSA) is 29.5 Å². The molecule has 2 heteroatoms. The van der Waals surface area contributed by atoms with Gasteiger partial charge in [-0.2, -0.15) is 0 Å². The van der Waals surface area contributed by atoms with E-state index in [0.717, 1.165) is 25.9 Å². The third-order valence-electron chi connectivity index (χ3n) is 4.97. The Bertz CT molecular complexity index is 263. The van der Waals surface area contributed by atoms with Gasteiger partial charge in [-0.1, -0.05) is 33.6 Å². The second-order valence-corrected chi connectivity index (χ2v) is 7.44. The van der Waals surface area contributed by atoms with Crippen LogP contribution in [0.3, 0.4) is 0 Å². The highest BCUT2D eigenvalue weighted by Gasteiger charge is 2.44. The lowest BCUT2D eigenvalue weighted by atomic mass is 9.62.